The maximum Gasteiger partial charge on any atom is 0.265 e. The lowest BCUT2D eigenvalue weighted by molar-refractivity contribution is 0.451. The molecular formula is C9H7Br2N3O2. The number of hydrogen-bond acceptors (Lipinski definition) is 4. The van der Waals surface area contributed by atoms with Crippen molar-refractivity contribution in [2.45, 2.75) is 13.5 Å². The highest BCUT2D eigenvalue weighted by Crippen LogP contribution is 2.13. The number of nitrogens with zero attached hydrogens (tertiary/aromatic N) is 3. The van der Waals surface area contributed by atoms with Crippen LogP contribution in [-0.2, 0) is 6.54 Å². The third kappa shape index (κ3) is 2.41. The molecule has 0 fully saturated rings. The highest BCUT2D eigenvalue weighted by atomic mass is 79.9. The third-order valence-corrected chi connectivity index (χ3v) is 2.88. The van der Waals surface area contributed by atoms with E-state index in [1.165, 1.54) is 4.57 Å². The highest BCUT2D eigenvalue weighted by molar-refractivity contribution is 9.11. The van der Waals surface area contributed by atoms with Gasteiger partial charge < -0.3 is 8.98 Å². The van der Waals surface area contributed by atoms with Crippen molar-refractivity contribution in [2.24, 2.45) is 0 Å². The Kier molecular flexibility index (Phi) is 3.25. The number of hydrogen-bond donors (Lipinski definition) is 0. The zero-order valence-corrected chi connectivity index (χ0v) is 11.4. The van der Waals surface area contributed by atoms with Crippen LogP contribution >= 0.6 is 31.9 Å². The van der Waals surface area contributed by atoms with Gasteiger partial charge in [-0.3, -0.25) is 4.79 Å². The van der Waals surface area contributed by atoms with E-state index in [0.29, 0.717) is 16.3 Å². The molecule has 0 bridgehead atoms. The Hall–Kier alpha value is -0.950. The van der Waals surface area contributed by atoms with Gasteiger partial charge in [0, 0.05) is 17.6 Å². The van der Waals surface area contributed by atoms with Crippen molar-refractivity contribution in [1.29, 1.82) is 0 Å². The van der Waals surface area contributed by atoms with Gasteiger partial charge in [-0.1, -0.05) is 0 Å². The summed E-state index contributed by atoms with van der Waals surface area (Å²) in [6, 6.07) is 1.69. The number of rotatable bonds is 2. The van der Waals surface area contributed by atoms with Crippen molar-refractivity contribution in [3.05, 3.63) is 43.3 Å². The molecule has 2 rings (SSSR count). The van der Waals surface area contributed by atoms with Crippen LogP contribution in [0.1, 0.15) is 11.8 Å². The van der Waals surface area contributed by atoms with Gasteiger partial charge in [0.05, 0.1) is 4.47 Å². The molecule has 0 aromatic carbocycles. The molecule has 7 heteroatoms. The molecule has 0 unspecified atom stereocenters. The molecule has 0 saturated heterocycles. The minimum absolute atomic E-state index is 0.140. The van der Waals surface area contributed by atoms with Gasteiger partial charge in [-0.25, -0.2) is 0 Å². The summed E-state index contributed by atoms with van der Waals surface area (Å²) in [5.74, 6) is 0.890. The van der Waals surface area contributed by atoms with E-state index < -0.39 is 0 Å². The Balaban J connectivity index is 2.38. The molecule has 5 nitrogen and oxygen atoms in total. The Morgan fingerprint density at radius 2 is 2.19 bits per heavy atom. The van der Waals surface area contributed by atoms with Crippen molar-refractivity contribution in [2.75, 3.05) is 0 Å². The molecule has 16 heavy (non-hydrogen) atoms. The van der Waals surface area contributed by atoms with Crippen molar-refractivity contribution in [1.82, 2.24) is 14.8 Å². The molecule has 0 radical (unpaired) electrons. The average Bonchev–Trinajstić information content (AvgIpc) is 2.60. The zero-order chi connectivity index (χ0) is 11.7. The van der Waals surface area contributed by atoms with Gasteiger partial charge in [-0.05, 0) is 37.9 Å². The van der Waals surface area contributed by atoms with Crippen molar-refractivity contribution in [3.8, 4) is 0 Å². The fraction of sp³-hybridized carbons (Fsp3) is 0.222. The smallest absolute Gasteiger partial charge is 0.265 e. The van der Waals surface area contributed by atoms with Crippen LogP contribution < -0.4 is 5.56 Å². The summed E-state index contributed by atoms with van der Waals surface area (Å²) < 4.78 is 7.98. The number of pyridine rings is 1. The average molecular weight is 349 g/mol. The number of aryl methyl sites for hydroxylation is 1. The van der Waals surface area contributed by atoms with Crippen molar-refractivity contribution < 1.29 is 4.42 Å². The Morgan fingerprint density at radius 1 is 1.44 bits per heavy atom. The SMILES string of the molecule is Cc1nnc(Cn2cc(Br)cc(Br)c2=O)o1. The van der Waals surface area contributed by atoms with Gasteiger partial charge in [0.15, 0.2) is 0 Å². The second-order valence-electron chi connectivity index (χ2n) is 3.15. The summed E-state index contributed by atoms with van der Waals surface area (Å²) in [6.45, 7) is 1.97. The zero-order valence-electron chi connectivity index (χ0n) is 8.28. The van der Waals surface area contributed by atoms with E-state index in [4.69, 9.17) is 4.42 Å². The van der Waals surface area contributed by atoms with Crippen LogP contribution in [0, 0.1) is 6.92 Å². The minimum atomic E-state index is -0.140. The van der Waals surface area contributed by atoms with Crippen LogP contribution in [0.15, 0.2) is 30.4 Å². The fourth-order valence-electron chi connectivity index (χ4n) is 1.23. The predicted octanol–water partition coefficient (Wildman–Crippen LogP) is 2.11. The monoisotopic (exact) mass is 347 g/mol. The molecule has 2 heterocycles. The van der Waals surface area contributed by atoms with E-state index in [1.54, 1.807) is 19.2 Å². The summed E-state index contributed by atoms with van der Waals surface area (Å²) >= 11 is 6.49. The number of halogens is 2. The van der Waals surface area contributed by atoms with Gasteiger partial charge in [-0.2, -0.15) is 0 Å². The summed E-state index contributed by atoms with van der Waals surface area (Å²) in [5, 5.41) is 7.54. The molecule has 0 aliphatic heterocycles. The van der Waals surface area contributed by atoms with Gasteiger partial charge in [0.1, 0.15) is 6.54 Å². The lowest BCUT2D eigenvalue weighted by Gasteiger charge is -2.03. The van der Waals surface area contributed by atoms with Crippen LogP contribution in [0.2, 0.25) is 0 Å². The molecule has 0 N–H and O–H groups in total. The first-order valence-electron chi connectivity index (χ1n) is 4.41. The molecule has 2 aromatic rings. The standard InChI is InChI=1S/C9H7Br2N3O2/c1-5-12-13-8(16-5)4-14-3-6(10)2-7(11)9(14)15/h2-3H,4H2,1H3. The fourth-order valence-corrected chi connectivity index (χ4v) is 2.49. The summed E-state index contributed by atoms with van der Waals surface area (Å²) in [4.78, 5) is 11.7. The van der Waals surface area contributed by atoms with E-state index >= 15 is 0 Å². The van der Waals surface area contributed by atoms with E-state index in [2.05, 4.69) is 42.1 Å². The minimum Gasteiger partial charge on any atom is -0.424 e. The molecule has 0 atom stereocenters. The van der Waals surface area contributed by atoms with Gasteiger partial charge in [0.25, 0.3) is 5.56 Å². The molecule has 0 aliphatic carbocycles. The Morgan fingerprint density at radius 3 is 2.81 bits per heavy atom. The lowest BCUT2D eigenvalue weighted by atomic mass is 10.4. The molecule has 0 saturated carbocycles. The Bertz CT molecular complexity index is 576. The maximum atomic E-state index is 11.7. The second kappa shape index (κ2) is 4.50. The molecular weight excluding hydrogens is 342 g/mol. The molecule has 2 aromatic heterocycles. The molecule has 0 amide bonds. The summed E-state index contributed by atoms with van der Waals surface area (Å²) in [6.07, 6.45) is 1.67. The first-order valence-corrected chi connectivity index (χ1v) is 5.99. The summed E-state index contributed by atoms with van der Waals surface area (Å²) in [7, 11) is 0. The second-order valence-corrected chi connectivity index (χ2v) is 4.92. The lowest BCUT2D eigenvalue weighted by Crippen LogP contribution is -2.20. The summed E-state index contributed by atoms with van der Waals surface area (Å²) in [5.41, 5.74) is -0.140. The van der Waals surface area contributed by atoms with Gasteiger partial charge in [-0.15, -0.1) is 10.2 Å². The predicted molar refractivity (Wildman–Crippen MR) is 64.2 cm³/mol. The van der Waals surface area contributed by atoms with Crippen LogP contribution in [0.25, 0.3) is 0 Å². The molecule has 0 spiro atoms. The van der Waals surface area contributed by atoms with Crippen LogP contribution in [0.4, 0.5) is 0 Å². The van der Waals surface area contributed by atoms with Gasteiger partial charge in [0.2, 0.25) is 11.8 Å². The van der Waals surface area contributed by atoms with E-state index in [-0.39, 0.29) is 12.1 Å². The highest BCUT2D eigenvalue weighted by Gasteiger charge is 2.07. The third-order valence-electron chi connectivity index (χ3n) is 1.88. The van der Waals surface area contributed by atoms with Crippen LogP contribution in [0.3, 0.4) is 0 Å². The first-order chi connectivity index (χ1) is 7.56. The normalized spacial score (nSPS) is 10.7. The number of aromatic nitrogens is 3. The Labute approximate surface area is 108 Å². The maximum absolute atomic E-state index is 11.7. The largest absolute Gasteiger partial charge is 0.424 e. The van der Waals surface area contributed by atoms with E-state index in [1.807, 2.05) is 0 Å². The quantitative estimate of drug-likeness (QED) is 0.834. The van der Waals surface area contributed by atoms with Crippen molar-refractivity contribution in [3.63, 3.8) is 0 Å². The van der Waals surface area contributed by atoms with Crippen LogP contribution in [0.5, 0.6) is 0 Å². The molecule has 84 valence electrons. The topological polar surface area (TPSA) is 60.9 Å². The molecule has 0 aliphatic rings. The van der Waals surface area contributed by atoms with E-state index in [0.717, 1.165) is 4.47 Å². The van der Waals surface area contributed by atoms with Crippen molar-refractivity contribution >= 4 is 31.9 Å². The van der Waals surface area contributed by atoms with Gasteiger partial charge >= 0.3 is 0 Å². The van der Waals surface area contributed by atoms with Crippen LogP contribution in [-0.4, -0.2) is 14.8 Å². The van der Waals surface area contributed by atoms with E-state index in [9.17, 15) is 4.79 Å². The first kappa shape index (κ1) is 11.5.